The molecule has 0 spiro atoms. The van der Waals surface area contributed by atoms with Crippen LogP contribution in [0.3, 0.4) is 0 Å². The fourth-order valence-electron chi connectivity index (χ4n) is 2.59. The molecule has 0 aromatic heterocycles. The van der Waals surface area contributed by atoms with Crippen LogP contribution in [0.15, 0.2) is 24.3 Å². The van der Waals surface area contributed by atoms with Crippen molar-refractivity contribution in [3.05, 3.63) is 24.3 Å². The molecule has 1 fully saturated rings. The first-order chi connectivity index (χ1) is 8.20. The van der Waals surface area contributed by atoms with Gasteiger partial charge >= 0.3 is 0 Å². The van der Waals surface area contributed by atoms with E-state index in [1.54, 1.807) is 0 Å². The van der Waals surface area contributed by atoms with Gasteiger partial charge in [0.15, 0.2) is 0 Å². The Kier molecular flexibility index (Phi) is 3.89. The molecule has 0 saturated carbocycles. The number of aliphatic hydroxyl groups is 1. The van der Waals surface area contributed by atoms with Crippen molar-refractivity contribution in [2.75, 3.05) is 23.7 Å². The molecule has 17 heavy (non-hydrogen) atoms. The molecule has 0 radical (unpaired) electrons. The first kappa shape index (κ1) is 12.2. The number of hydrogen-bond acceptors (Lipinski definition) is 3. The Balaban J connectivity index is 2.04. The van der Waals surface area contributed by atoms with Gasteiger partial charge in [0.25, 0.3) is 0 Å². The van der Waals surface area contributed by atoms with Crippen LogP contribution >= 0.6 is 0 Å². The molecule has 0 bridgehead atoms. The van der Waals surface area contributed by atoms with Crippen LogP contribution in [-0.2, 0) is 0 Å². The smallest absolute Gasteiger partial charge is 0.0602 e. The Morgan fingerprint density at radius 1 is 1.35 bits per heavy atom. The van der Waals surface area contributed by atoms with Crippen LogP contribution < -0.4 is 10.6 Å². The van der Waals surface area contributed by atoms with Crippen molar-refractivity contribution in [1.82, 2.24) is 0 Å². The summed E-state index contributed by atoms with van der Waals surface area (Å²) in [7, 11) is 0. The predicted molar refractivity (Wildman–Crippen MR) is 72.1 cm³/mol. The Labute approximate surface area is 103 Å². The van der Waals surface area contributed by atoms with Crippen molar-refractivity contribution in [1.29, 1.82) is 0 Å². The van der Waals surface area contributed by atoms with Gasteiger partial charge in [0.05, 0.1) is 6.10 Å². The molecule has 2 atom stereocenters. The highest BCUT2D eigenvalue weighted by Gasteiger charge is 2.26. The number of anilines is 2. The van der Waals surface area contributed by atoms with Crippen LogP contribution in [0.2, 0.25) is 0 Å². The number of aliphatic hydroxyl groups excluding tert-OH is 1. The van der Waals surface area contributed by atoms with E-state index in [1.807, 2.05) is 12.1 Å². The number of piperidine rings is 1. The van der Waals surface area contributed by atoms with Gasteiger partial charge in [0.2, 0.25) is 0 Å². The molecule has 3 N–H and O–H groups in total. The summed E-state index contributed by atoms with van der Waals surface area (Å²) in [6.45, 7) is 4.07. The maximum atomic E-state index is 9.96. The molecule has 1 aromatic rings. The van der Waals surface area contributed by atoms with Crippen LogP contribution in [-0.4, -0.2) is 24.3 Å². The zero-order chi connectivity index (χ0) is 12.3. The van der Waals surface area contributed by atoms with Gasteiger partial charge in [-0.15, -0.1) is 0 Å². The molecule has 1 aromatic carbocycles. The van der Waals surface area contributed by atoms with E-state index in [0.29, 0.717) is 5.92 Å². The van der Waals surface area contributed by atoms with Gasteiger partial charge in [-0.2, -0.15) is 0 Å². The molecule has 3 heteroatoms. The minimum Gasteiger partial charge on any atom is -0.399 e. The average Bonchev–Trinajstić information content (AvgIpc) is 2.33. The van der Waals surface area contributed by atoms with Crippen molar-refractivity contribution in [2.45, 2.75) is 32.3 Å². The average molecular weight is 234 g/mol. The minimum absolute atomic E-state index is 0.125. The summed E-state index contributed by atoms with van der Waals surface area (Å²) in [6.07, 6.45) is 2.99. The number of nitrogens with zero attached hydrogens (tertiary/aromatic N) is 1. The summed E-state index contributed by atoms with van der Waals surface area (Å²) in [4.78, 5) is 2.35. The number of hydrogen-bond donors (Lipinski definition) is 2. The molecule has 1 aliphatic rings. The second kappa shape index (κ2) is 5.41. The normalized spacial score (nSPS) is 24.9. The number of benzene rings is 1. The minimum atomic E-state index is -0.125. The van der Waals surface area contributed by atoms with Gasteiger partial charge in [-0.1, -0.05) is 13.3 Å². The van der Waals surface area contributed by atoms with Gasteiger partial charge in [0.1, 0.15) is 0 Å². The summed E-state index contributed by atoms with van der Waals surface area (Å²) in [5.41, 5.74) is 7.71. The molecule has 3 nitrogen and oxygen atoms in total. The lowest BCUT2D eigenvalue weighted by atomic mass is 9.90. The summed E-state index contributed by atoms with van der Waals surface area (Å²) < 4.78 is 0. The zero-order valence-electron chi connectivity index (χ0n) is 10.5. The topological polar surface area (TPSA) is 49.5 Å². The Bertz CT molecular complexity index is 350. The van der Waals surface area contributed by atoms with Crippen molar-refractivity contribution in [2.24, 2.45) is 5.92 Å². The predicted octanol–water partition coefficient (Wildman–Crippen LogP) is 2.26. The number of nitrogens with two attached hydrogens (primary N) is 1. The van der Waals surface area contributed by atoms with Gasteiger partial charge in [0, 0.05) is 30.4 Å². The Morgan fingerprint density at radius 3 is 2.71 bits per heavy atom. The summed E-state index contributed by atoms with van der Waals surface area (Å²) in [5.74, 6) is 0.409. The molecule has 1 heterocycles. The third-order valence-electron chi connectivity index (χ3n) is 3.61. The fraction of sp³-hybridized carbons (Fsp3) is 0.571. The quantitative estimate of drug-likeness (QED) is 0.789. The van der Waals surface area contributed by atoms with Crippen LogP contribution in [0.1, 0.15) is 26.2 Å². The largest absolute Gasteiger partial charge is 0.399 e. The van der Waals surface area contributed by atoms with E-state index in [9.17, 15) is 5.11 Å². The molecule has 0 unspecified atom stereocenters. The third kappa shape index (κ3) is 2.91. The van der Waals surface area contributed by atoms with Crippen LogP contribution in [0.4, 0.5) is 11.4 Å². The molecule has 1 saturated heterocycles. The molecular formula is C14H22N2O. The summed E-state index contributed by atoms with van der Waals surface area (Å²) in [6, 6.07) is 8.01. The highest BCUT2D eigenvalue weighted by atomic mass is 16.3. The Hall–Kier alpha value is -1.22. The molecule has 94 valence electrons. The zero-order valence-corrected chi connectivity index (χ0v) is 10.5. The van der Waals surface area contributed by atoms with E-state index in [2.05, 4.69) is 24.0 Å². The summed E-state index contributed by atoms with van der Waals surface area (Å²) >= 11 is 0. The van der Waals surface area contributed by atoms with E-state index in [-0.39, 0.29) is 6.10 Å². The van der Waals surface area contributed by atoms with Crippen molar-refractivity contribution in [3.8, 4) is 0 Å². The van der Waals surface area contributed by atoms with Gasteiger partial charge in [-0.3, -0.25) is 0 Å². The number of rotatable bonds is 3. The van der Waals surface area contributed by atoms with Crippen molar-refractivity contribution < 1.29 is 5.11 Å². The van der Waals surface area contributed by atoms with E-state index in [4.69, 9.17) is 5.73 Å². The number of nitrogen functional groups attached to an aromatic ring is 1. The lowest BCUT2D eigenvalue weighted by molar-refractivity contribution is 0.0830. The van der Waals surface area contributed by atoms with Gasteiger partial charge in [-0.05, 0) is 37.1 Å². The monoisotopic (exact) mass is 234 g/mol. The molecular weight excluding hydrogens is 212 g/mol. The third-order valence-corrected chi connectivity index (χ3v) is 3.61. The van der Waals surface area contributed by atoms with E-state index in [1.165, 1.54) is 5.69 Å². The van der Waals surface area contributed by atoms with E-state index < -0.39 is 0 Å². The first-order valence-corrected chi connectivity index (χ1v) is 6.49. The van der Waals surface area contributed by atoms with Gasteiger partial charge in [-0.25, -0.2) is 0 Å². The highest BCUT2D eigenvalue weighted by molar-refractivity contribution is 5.53. The molecule has 0 aliphatic carbocycles. The van der Waals surface area contributed by atoms with Crippen LogP contribution in [0.25, 0.3) is 0 Å². The molecule has 1 aliphatic heterocycles. The molecule has 2 rings (SSSR count). The van der Waals surface area contributed by atoms with E-state index in [0.717, 1.165) is 38.0 Å². The van der Waals surface area contributed by atoms with Crippen molar-refractivity contribution >= 4 is 11.4 Å². The second-order valence-corrected chi connectivity index (χ2v) is 4.94. The highest BCUT2D eigenvalue weighted by Crippen LogP contribution is 2.26. The Morgan fingerprint density at radius 2 is 2.06 bits per heavy atom. The standard InChI is InChI=1S/C14H22N2O/c1-2-3-11-10-16(9-8-14(11)17)13-6-4-12(15)5-7-13/h4-7,11,14,17H,2-3,8-10,15H2,1H3/t11-,14-/m0/s1. The summed E-state index contributed by atoms with van der Waals surface area (Å²) in [5, 5.41) is 9.96. The van der Waals surface area contributed by atoms with Crippen LogP contribution in [0, 0.1) is 5.92 Å². The maximum absolute atomic E-state index is 9.96. The van der Waals surface area contributed by atoms with Crippen LogP contribution in [0.5, 0.6) is 0 Å². The van der Waals surface area contributed by atoms with Gasteiger partial charge < -0.3 is 15.7 Å². The second-order valence-electron chi connectivity index (χ2n) is 4.94. The lowest BCUT2D eigenvalue weighted by Crippen LogP contribution is -2.43. The lowest BCUT2D eigenvalue weighted by Gasteiger charge is -2.37. The fourth-order valence-corrected chi connectivity index (χ4v) is 2.59. The first-order valence-electron chi connectivity index (χ1n) is 6.49. The maximum Gasteiger partial charge on any atom is 0.0602 e. The molecule has 0 amide bonds. The van der Waals surface area contributed by atoms with Crippen molar-refractivity contribution in [3.63, 3.8) is 0 Å². The van der Waals surface area contributed by atoms with E-state index >= 15 is 0 Å². The SMILES string of the molecule is CCC[C@H]1CN(c2ccc(N)cc2)CC[C@@H]1O.